The largest absolute Gasteiger partial charge is 0.493 e. The van der Waals surface area contributed by atoms with Crippen molar-refractivity contribution in [2.75, 3.05) is 13.7 Å². The van der Waals surface area contributed by atoms with Gasteiger partial charge in [-0.3, -0.25) is 9.78 Å². The van der Waals surface area contributed by atoms with Crippen LogP contribution in [0.2, 0.25) is 0 Å². The van der Waals surface area contributed by atoms with Crippen LogP contribution in [0.15, 0.2) is 42.7 Å². The highest BCUT2D eigenvalue weighted by Gasteiger charge is 2.11. The number of carbonyl (C=O) groups is 1. The number of carbonyl (C=O) groups excluding carboxylic acids is 1. The molecule has 1 aromatic carbocycles. The van der Waals surface area contributed by atoms with Crippen LogP contribution in [-0.2, 0) is 17.9 Å². The summed E-state index contributed by atoms with van der Waals surface area (Å²) in [6, 6.07) is 8.42. The van der Waals surface area contributed by atoms with Crippen molar-refractivity contribution in [3.63, 3.8) is 0 Å². The topological polar surface area (TPSA) is 72.5 Å². The lowest BCUT2D eigenvalue weighted by atomic mass is 10.2. The molecule has 1 amide bonds. The molecule has 6 nitrogen and oxygen atoms in total. The number of benzene rings is 1. The number of methoxy groups -OCH3 is 1. The Hall–Kier alpha value is -2.74. The van der Waals surface area contributed by atoms with Crippen molar-refractivity contribution >= 4 is 5.91 Å². The van der Waals surface area contributed by atoms with E-state index in [2.05, 4.69) is 20.4 Å². The van der Waals surface area contributed by atoms with Crippen LogP contribution in [0.5, 0.6) is 11.5 Å². The normalized spacial score (nSPS) is 10.6. The van der Waals surface area contributed by atoms with Gasteiger partial charge in [-0.05, 0) is 29.3 Å². The fourth-order valence-corrected chi connectivity index (χ4v) is 2.24. The van der Waals surface area contributed by atoms with Gasteiger partial charge in [0.1, 0.15) is 0 Å². The van der Waals surface area contributed by atoms with Crippen LogP contribution in [0.4, 0.5) is 8.78 Å². The van der Waals surface area contributed by atoms with E-state index < -0.39 is 6.61 Å². The Balaban J connectivity index is 1.71. The van der Waals surface area contributed by atoms with E-state index in [1.54, 1.807) is 24.5 Å². The summed E-state index contributed by atoms with van der Waals surface area (Å²) in [5, 5.41) is 5.94. The number of nitrogens with zero attached hydrogens (tertiary/aromatic N) is 1. The Bertz CT molecular complexity index is 699. The maximum atomic E-state index is 12.3. The summed E-state index contributed by atoms with van der Waals surface area (Å²) in [5.41, 5.74) is 1.77. The van der Waals surface area contributed by atoms with E-state index in [0.717, 1.165) is 11.1 Å². The molecule has 0 aliphatic rings. The van der Waals surface area contributed by atoms with E-state index >= 15 is 0 Å². The van der Waals surface area contributed by atoms with Crippen molar-refractivity contribution in [2.45, 2.75) is 26.1 Å². The van der Waals surface area contributed by atoms with Crippen LogP contribution in [0.25, 0.3) is 0 Å². The lowest BCUT2D eigenvalue weighted by Crippen LogP contribution is -2.27. The molecule has 26 heavy (non-hydrogen) atoms. The second-order valence-electron chi connectivity index (χ2n) is 5.43. The van der Waals surface area contributed by atoms with Gasteiger partial charge >= 0.3 is 6.61 Å². The lowest BCUT2D eigenvalue weighted by Gasteiger charge is -2.12. The van der Waals surface area contributed by atoms with E-state index in [4.69, 9.17) is 4.74 Å². The molecule has 0 bridgehead atoms. The van der Waals surface area contributed by atoms with Gasteiger partial charge in [-0.1, -0.05) is 12.1 Å². The van der Waals surface area contributed by atoms with E-state index in [0.29, 0.717) is 26.1 Å². The standard InChI is InChI=1S/C18H21F2N3O3/c1-25-16-9-13(4-5-15(16)26-18(19)20)10-22-8-6-17(24)23-12-14-3-2-7-21-11-14/h2-5,7,9,11,18,22H,6,8,10,12H2,1H3,(H,23,24). The smallest absolute Gasteiger partial charge is 0.387 e. The molecule has 0 saturated carbocycles. The number of hydrogen-bond donors (Lipinski definition) is 2. The molecule has 0 unspecified atom stereocenters. The first-order chi connectivity index (χ1) is 12.6. The minimum atomic E-state index is -2.90. The minimum absolute atomic E-state index is 0.0129. The number of nitrogens with one attached hydrogen (secondary N) is 2. The Kier molecular flexibility index (Phi) is 7.75. The van der Waals surface area contributed by atoms with E-state index in [9.17, 15) is 13.6 Å². The van der Waals surface area contributed by atoms with E-state index in [1.807, 2.05) is 12.1 Å². The summed E-state index contributed by atoms with van der Waals surface area (Å²) in [6.45, 7) is -1.51. The number of ether oxygens (including phenoxy) is 2. The Morgan fingerprint density at radius 2 is 2.04 bits per heavy atom. The van der Waals surface area contributed by atoms with Crippen molar-refractivity contribution in [1.29, 1.82) is 0 Å². The van der Waals surface area contributed by atoms with Crippen molar-refractivity contribution in [3.8, 4) is 11.5 Å². The van der Waals surface area contributed by atoms with Gasteiger partial charge in [-0.15, -0.1) is 0 Å². The van der Waals surface area contributed by atoms with Crippen LogP contribution in [0, 0.1) is 0 Å². The Morgan fingerprint density at radius 3 is 2.73 bits per heavy atom. The zero-order chi connectivity index (χ0) is 18.8. The molecule has 0 fully saturated rings. The quantitative estimate of drug-likeness (QED) is 0.633. The van der Waals surface area contributed by atoms with Gasteiger partial charge in [0, 0.05) is 38.4 Å². The number of alkyl halides is 2. The molecular weight excluding hydrogens is 344 g/mol. The third-order valence-electron chi connectivity index (χ3n) is 3.51. The zero-order valence-electron chi connectivity index (χ0n) is 14.4. The summed E-state index contributed by atoms with van der Waals surface area (Å²) in [6.07, 6.45) is 3.70. The molecule has 0 aliphatic heterocycles. The molecule has 8 heteroatoms. The average molecular weight is 365 g/mol. The van der Waals surface area contributed by atoms with Gasteiger partial charge < -0.3 is 20.1 Å². The summed E-state index contributed by atoms with van der Waals surface area (Å²) >= 11 is 0. The number of aromatic nitrogens is 1. The van der Waals surface area contributed by atoms with Gasteiger partial charge in [0.25, 0.3) is 0 Å². The highest BCUT2D eigenvalue weighted by molar-refractivity contribution is 5.76. The predicted octanol–water partition coefficient (Wildman–Crippen LogP) is 2.49. The summed E-state index contributed by atoms with van der Waals surface area (Å²) < 4.78 is 34.0. The van der Waals surface area contributed by atoms with Crippen molar-refractivity contribution in [3.05, 3.63) is 53.9 Å². The number of rotatable bonds is 10. The van der Waals surface area contributed by atoms with Gasteiger partial charge in [-0.25, -0.2) is 0 Å². The van der Waals surface area contributed by atoms with Gasteiger partial charge in [0.15, 0.2) is 11.5 Å². The molecule has 1 aromatic heterocycles. The third-order valence-corrected chi connectivity index (χ3v) is 3.51. The molecule has 0 saturated heterocycles. The number of pyridine rings is 1. The molecule has 2 rings (SSSR count). The van der Waals surface area contributed by atoms with Crippen LogP contribution in [-0.4, -0.2) is 31.2 Å². The number of hydrogen-bond acceptors (Lipinski definition) is 5. The Labute approximate surface area is 150 Å². The fourth-order valence-electron chi connectivity index (χ4n) is 2.24. The molecule has 0 radical (unpaired) electrons. The SMILES string of the molecule is COc1cc(CNCCC(=O)NCc2cccnc2)ccc1OC(F)F. The Morgan fingerprint density at radius 1 is 1.19 bits per heavy atom. The monoisotopic (exact) mass is 365 g/mol. The molecule has 2 aromatic rings. The second-order valence-corrected chi connectivity index (χ2v) is 5.43. The first kappa shape index (κ1) is 19.6. The summed E-state index contributed by atoms with van der Waals surface area (Å²) in [7, 11) is 1.39. The van der Waals surface area contributed by atoms with Gasteiger partial charge in [-0.2, -0.15) is 8.78 Å². The number of amides is 1. The second kappa shape index (κ2) is 10.3. The molecule has 0 atom stereocenters. The van der Waals surface area contributed by atoms with Gasteiger partial charge in [0.2, 0.25) is 5.91 Å². The first-order valence-electron chi connectivity index (χ1n) is 8.06. The highest BCUT2D eigenvalue weighted by atomic mass is 19.3. The predicted molar refractivity (Wildman–Crippen MR) is 92.0 cm³/mol. The molecule has 0 aliphatic carbocycles. The van der Waals surface area contributed by atoms with Crippen LogP contribution in [0.1, 0.15) is 17.5 Å². The molecular formula is C18H21F2N3O3. The van der Waals surface area contributed by atoms with E-state index in [1.165, 1.54) is 13.2 Å². The fraction of sp³-hybridized carbons (Fsp3) is 0.333. The maximum Gasteiger partial charge on any atom is 0.387 e. The lowest BCUT2D eigenvalue weighted by molar-refractivity contribution is -0.121. The molecule has 140 valence electrons. The van der Waals surface area contributed by atoms with Crippen molar-refractivity contribution < 1.29 is 23.0 Å². The maximum absolute atomic E-state index is 12.3. The zero-order valence-corrected chi connectivity index (χ0v) is 14.4. The minimum Gasteiger partial charge on any atom is -0.493 e. The molecule has 1 heterocycles. The summed E-state index contributed by atoms with van der Waals surface area (Å²) in [5.74, 6) is 0.152. The van der Waals surface area contributed by atoms with Crippen molar-refractivity contribution in [1.82, 2.24) is 15.6 Å². The summed E-state index contributed by atoms with van der Waals surface area (Å²) in [4.78, 5) is 15.8. The van der Waals surface area contributed by atoms with Crippen LogP contribution >= 0.6 is 0 Å². The first-order valence-corrected chi connectivity index (χ1v) is 8.06. The van der Waals surface area contributed by atoms with Crippen molar-refractivity contribution in [2.24, 2.45) is 0 Å². The van der Waals surface area contributed by atoms with Gasteiger partial charge in [0.05, 0.1) is 7.11 Å². The molecule has 0 spiro atoms. The van der Waals surface area contributed by atoms with E-state index in [-0.39, 0.29) is 17.4 Å². The number of halogens is 2. The molecule has 2 N–H and O–H groups in total. The highest BCUT2D eigenvalue weighted by Crippen LogP contribution is 2.29. The average Bonchev–Trinajstić information content (AvgIpc) is 2.65. The van der Waals surface area contributed by atoms with Crippen LogP contribution < -0.4 is 20.1 Å². The van der Waals surface area contributed by atoms with Crippen LogP contribution in [0.3, 0.4) is 0 Å². The third kappa shape index (κ3) is 6.64.